The van der Waals surface area contributed by atoms with Gasteiger partial charge in [-0.15, -0.1) is 0 Å². The lowest BCUT2D eigenvalue weighted by molar-refractivity contribution is 0.0644. The molecule has 0 radical (unpaired) electrons. The van der Waals surface area contributed by atoms with Crippen LogP contribution in [0.3, 0.4) is 0 Å². The molecular formula is C15H23NO4S. The summed E-state index contributed by atoms with van der Waals surface area (Å²) >= 11 is 0. The Bertz CT molecular complexity index is 521. The van der Waals surface area contributed by atoms with E-state index in [-0.39, 0.29) is 4.90 Å². The molecule has 0 atom stereocenters. The van der Waals surface area contributed by atoms with E-state index in [0.29, 0.717) is 24.8 Å². The second-order valence-corrected chi connectivity index (χ2v) is 6.91. The summed E-state index contributed by atoms with van der Waals surface area (Å²) in [5.74, 6) is 1.24. The Kier molecular flexibility index (Phi) is 6.02. The summed E-state index contributed by atoms with van der Waals surface area (Å²) in [4.78, 5) is 0.276. The number of rotatable bonds is 7. The van der Waals surface area contributed by atoms with Crippen LogP contribution in [-0.2, 0) is 14.8 Å². The maximum absolute atomic E-state index is 12.2. The molecule has 2 rings (SSSR count). The van der Waals surface area contributed by atoms with E-state index in [2.05, 4.69) is 4.72 Å². The van der Waals surface area contributed by atoms with Crippen LogP contribution in [0.1, 0.15) is 26.2 Å². The number of ether oxygens (including phenoxy) is 2. The third-order valence-electron chi connectivity index (χ3n) is 3.63. The highest BCUT2D eigenvalue weighted by Crippen LogP contribution is 2.19. The number of hydrogen-bond acceptors (Lipinski definition) is 4. The van der Waals surface area contributed by atoms with Crippen LogP contribution in [0.25, 0.3) is 0 Å². The van der Waals surface area contributed by atoms with E-state index in [1.807, 2.05) is 6.92 Å². The molecule has 0 aromatic heterocycles. The fourth-order valence-electron chi connectivity index (χ4n) is 2.40. The lowest BCUT2D eigenvalue weighted by Gasteiger charge is -2.21. The zero-order valence-corrected chi connectivity index (χ0v) is 13.2. The van der Waals surface area contributed by atoms with Crippen LogP contribution in [0.5, 0.6) is 5.75 Å². The Morgan fingerprint density at radius 3 is 2.52 bits per heavy atom. The van der Waals surface area contributed by atoms with Gasteiger partial charge >= 0.3 is 0 Å². The van der Waals surface area contributed by atoms with Crippen molar-refractivity contribution < 1.29 is 17.9 Å². The molecule has 1 saturated heterocycles. The van der Waals surface area contributed by atoms with Gasteiger partial charge in [-0.2, -0.15) is 0 Å². The summed E-state index contributed by atoms with van der Waals surface area (Å²) in [6.07, 6.45) is 2.90. The van der Waals surface area contributed by atoms with E-state index >= 15 is 0 Å². The van der Waals surface area contributed by atoms with Crippen molar-refractivity contribution in [2.45, 2.75) is 31.1 Å². The molecule has 0 saturated carbocycles. The Morgan fingerprint density at radius 1 is 1.24 bits per heavy atom. The standard InChI is InChI=1S/C15H23NO4S/c1-2-20-14-3-5-15(6-4-14)21(17,18)16-10-7-13-8-11-19-12-9-13/h3-6,13,16H,2,7-12H2,1H3. The molecule has 1 aliphatic rings. The maximum atomic E-state index is 12.2. The molecule has 118 valence electrons. The van der Waals surface area contributed by atoms with Crippen molar-refractivity contribution >= 4 is 10.0 Å². The topological polar surface area (TPSA) is 64.6 Å². The molecule has 5 nitrogen and oxygen atoms in total. The van der Waals surface area contributed by atoms with Crippen molar-refractivity contribution in [3.8, 4) is 5.75 Å². The van der Waals surface area contributed by atoms with E-state index in [0.717, 1.165) is 32.5 Å². The molecule has 0 spiro atoms. The molecule has 1 fully saturated rings. The van der Waals surface area contributed by atoms with Crippen molar-refractivity contribution in [1.82, 2.24) is 4.72 Å². The van der Waals surface area contributed by atoms with Crippen molar-refractivity contribution in [3.05, 3.63) is 24.3 Å². The van der Waals surface area contributed by atoms with Crippen LogP contribution in [0.4, 0.5) is 0 Å². The molecule has 0 bridgehead atoms. The number of nitrogens with one attached hydrogen (secondary N) is 1. The predicted octanol–water partition coefficient (Wildman–Crippen LogP) is 2.18. The molecule has 1 aromatic carbocycles. The minimum absolute atomic E-state index is 0.276. The zero-order valence-electron chi connectivity index (χ0n) is 12.4. The molecular weight excluding hydrogens is 290 g/mol. The van der Waals surface area contributed by atoms with E-state index in [1.165, 1.54) is 0 Å². The SMILES string of the molecule is CCOc1ccc(S(=O)(=O)NCCC2CCOCC2)cc1. The van der Waals surface area contributed by atoms with Crippen LogP contribution in [-0.4, -0.2) is 34.8 Å². The van der Waals surface area contributed by atoms with Gasteiger partial charge in [0.05, 0.1) is 11.5 Å². The molecule has 1 aliphatic heterocycles. The largest absolute Gasteiger partial charge is 0.494 e. The van der Waals surface area contributed by atoms with Crippen molar-refractivity contribution in [3.63, 3.8) is 0 Å². The van der Waals surface area contributed by atoms with Crippen LogP contribution in [0, 0.1) is 5.92 Å². The lowest BCUT2D eigenvalue weighted by atomic mass is 9.97. The molecule has 6 heteroatoms. The Labute approximate surface area is 126 Å². The normalized spacial score (nSPS) is 16.8. The van der Waals surface area contributed by atoms with E-state index in [4.69, 9.17) is 9.47 Å². The highest BCUT2D eigenvalue weighted by molar-refractivity contribution is 7.89. The van der Waals surface area contributed by atoms with Crippen molar-refractivity contribution in [2.75, 3.05) is 26.4 Å². The van der Waals surface area contributed by atoms with Gasteiger partial charge in [-0.3, -0.25) is 0 Å². The third-order valence-corrected chi connectivity index (χ3v) is 5.11. The molecule has 21 heavy (non-hydrogen) atoms. The van der Waals surface area contributed by atoms with Gasteiger partial charge in [0.2, 0.25) is 10.0 Å². The highest BCUT2D eigenvalue weighted by Gasteiger charge is 2.17. The summed E-state index contributed by atoms with van der Waals surface area (Å²) in [5.41, 5.74) is 0. The summed E-state index contributed by atoms with van der Waals surface area (Å²) in [6.45, 7) is 4.50. The highest BCUT2D eigenvalue weighted by atomic mass is 32.2. The maximum Gasteiger partial charge on any atom is 0.240 e. The van der Waals surface area contributed by atoms with Gasteiger partial charge in [-0.05, 0) is 56.4 Å². The molecule has 0 aliphatic carbocycles. The summed E-state index contributed by atoms with van der Waals surface area (Å²) in [7, 11) is -3.43. The second kappa shape index (κ2) is 7.77. The van der Waals surface area contributed by atoms with Crippen LogP contribution in [0.15, 0.2) is 29.2 Å². The van der Waals surface area contributed by atoms with Crippen LogP contribution in [0.2, 0.25) is 0 Å². The molecule has 0 unspecified atom stereocenters. The minimum Gasteiger partial charge on any atom is -0.494 e. The minimum atomic E-state index is -3.43. The Balaban J connectivity index is 1.85. The monoisotopic (exact) mass is 313 g/mol. The molecule has 1 heterocycles. The average molecular weight is 313 g/mol. The number of hydrogen-bond donors (Lipinski definition) is 1. The number of benzene rings is 1. The molecule has 1 aromatic rings. The molecule has 0 amide bonds. The summed E-state index contributed by atoms with van der Waals surface area (Å²) in [6, 6.07) is 6.50. The van der Waals surface area contributed by atoms with Gasteiger partial charge in [0.25, 0.3) is 0 Å². The van der Waals surface area contributed by atoms with E-state index in [1.54, 1.807) is 24.3 Å². The van der Waals surface area contributed by atoms with E-state index in [9.17, 15) is 8.42 Å². The Hall–Kier alpha value is -1.11. The van der Waals surface area contributed by atoms with Gasteiger partial charge in [0, 0.05) is 19.8 Å². The fraction of sp³-hybridized carbons (Fsp3) is 0.600. The Morgan fingerprint density at radius 2 is 1.90 bits per heavy atom. The first-order chi connectivity index (χ1) is 10.1. The third kappa shape index (κ3) is 4.98. The quantitative estimate of drug-likeness (QED) is 0.838. The first-order valence-corrected chi connectivity index (χ1v) is 8.90. The predicted molar refractivity (Wildman–Crippen MR) is 81.0 cm³/mol. The van der Waals surface area contributed by atoms with Crippen molar-refractivity contribution in [2.24, 2.45) is 5.92 Å². The van der Waals surface area contributed by atoms with Gasteiger partial charge in [0.15, 0.2) is 0 Å². The summed E-state index contributed by atoms with van der Waals surface area (Å²) < 4.78 is 37.6. The number of sulfonamides is 1. The fourth-order valence-corrected chi connectivity index (χ4v) is 3.45. The van der Waals surface area contributed by atoms with Gasteiger partial charge < -0.3 is 9.47 Å². The van der Waals surface area contributed by atoms with Crippen LogP contribution < -0.4 is 9.46 Å². The smallest absolute Gasteiger partial charge is 0.240 e. The zero-order chi connectivity index (χ0) is 15.1. The molecule has 1 N–H and O–H groups in total. The summed E-state index contributed by atoms with van der Waals surface area (Å²) in [5, 5.41) is 0. The van der Waals surface area contributed by atoms with E-state index < -0.39 is 10.0 Å². The second-order valence-electron chi connectivity index (χ2n) is 5.15. The lowest BCUT2D eigenvalue weighted by Crippen LogP contribution is -2.27. The first kappa shape index (κ1) is 16.3. The van der Waals surface area contributed by atoms with Crippen LogP contribution >= 0.6 is 0 Å². The van der Waals surface area contributed by atoms with Gasteiger partial charge in [-0.25, -0.2) is 13.1 Å². The van der Waals surface area contributed by atoms with Gasteiger partial charge in [-0.1, -0.05) is 0 Å². The first-order valence-electron chi connectivity index (χ1n) is 7.42. The average Bonchev–Trinajstić information content (AvgIpc) is 2.49. The van der Waals surface area contributed by atoms with Gasteiger partial charge in [0.1, 0.15) is 5.75 Å². The van der Waals surface area contributed by atoms with Crippen molar-refractivity contribution in [1.29, 1.82) is 0 Å².